The highest BCUT2D eigenvalue weighted by atomic mass is 16.2. The second-order valence-corrected chi connectivity index (χ2v) is 6.73. The Kier molecular flexibility index (Phi) is 4.89. The third-order valence-corrected chi connectivity index (χ3v) is 5.01. The van der Waals surface area contributed by atoms with E-state index in [2.05, 4.69) is 28.4 Å². The van der Waals surface area contributed by atoms with Gasteiger partial charge < -0.3 is 10.2 Å². The lowest BCUT2D eigenvalue weighted by molar-refractivity contribution is -0.153. The van der Waals surface area contributed by atoms with Crippen molar-refractivity contribution in [2.45, 2.75) is 58.8 Å². The van der Waals surface area contributed by atoms with Crippen LogP contribution in [0.1, 0.15) is 37.9 Å². The summed E-state index contributed by atoms with van der Waals surface area (Å²) in [7, 11) is 0. The molecule has 2 aliphatic rings. The maximum atomic E-state index is 12.5. The van der Waals surface area contributed by atoms with Gasteiger partial charge in [-0.25, -0.2) is 0 Å². The maximum Gasteiger partial charge on any atom is 0.245 e. The molecule has 132 valence electrons. The van der Waals surface area contributed by atoms with Crippen LogP contribution in [0.4, 0.5) is 0 Å². The number of nitrogens with one attached hydrogen (secondary N) is 1. The number of hydrogen-bond acceptors (Lipinski definition) is 4. The zero-order valence-corrected chi connectivity index (χ0v) is 14.8. The molecule has 0 aromatic carbocycles. The Balaban J connectivity index is 1.67. The van der Waals surface area contributed by atoms with E-state index in [1.165, 1.54) is 5.56 Å². The second-order valence-electron chi connectivity index (χ2n) is 6.73. The van der Waals surface area contributed by atoms with Crippen molar-refractivity contribution in [3.63, 3.8) is 0 Å². The lowest BCUT2D eigenvalue weighted by atomic mass is 10.0. The number of aryl methyl sites for hydroxylation is 2. The van der Waals surface area contributed by atoms with Gasteiger partial charge in [-0.2, -0.15) is 5.10 Å². The third-order valence-electron chi connectivity index (χ3n) is 5.01. The highest BCUT2D eigenvalue weighted by Gasteiger charge is 2.42. The highest BCUT2D eigenvalue weighted by molar-refractivity contribution is 5.97. The van der Waals surface area contributed by atoms with Gasteiger partial charge in [-0.05, 0) is 20.3 Å². The molecule has 1 aromatic rings. The number of rotatable bonds is 5. The van der Waals surface area contributed by atoms with Crippen molar-refractivity contribution in [2.24, 2.45) is 0 Å². The van der Waals surface area contributed by atoms with E-state index in [0.717, 1.165) is 31.7 Å². The normalized spacial score (nSPS) is 24.9. The van der Waals surface area contributed by atoms with E-state index in [1.807, 2.05) is 18.5 Å². The fourth-order valence-electron chi connectivity index (χ4n) is 3.60. The van der Waals surface area contributed by atoms with Gasteiger partial charge in [0.05, 0.1) is 5.69 Å². The first-order chi connectivity index (χ1) is 11.5. The Hall–Kier alpha value is -1.89. The summed E-state index contributed by atoms with van der Waals surface area (Å²) in [5.74, 6) is 0.0646. The molecule has 1 N–H and O–H groups in total. The quantitative estimate of drug-likeness (QED) is 0.853. The summed E-state index contributed by atoms with van der Waals surface area (Å²) < 4.78 is 1.94. The number of piperazine rings is 2. The van der Waals surface area contributed by atoms with Crippen molar-refractivity contribution >= 4 is 11.8 Å². The third kappa shape index (κ3) is 3.17. The SMILES string of the molecule is CCC[C@@H]1NC(=O)[C@H]2CN(Cc3cn(CC)nc3C)CCN2C1=O. The minimum absolute atomic E-state index is 0.0151. The maximum absolute atomic E-state index is 12.5. The van der Waals surface area contributed by atoms with E-state index in [4.69, 9.17) is 0 Å². The van der Waals surface area contributed by atoms with Crippen LogP contribution in [0.25, 0.3) is 0 Å². The van der Waals surface area contributed by atoms with Crippen LogP contribution >= 0.6 is 0 Å². The predicted molar refractivity (Wildman–Crippen MR) is 90.3 cm³/mol. The molecule has 2 saturated heterocycles. The zero-order valence-electron chi connectivity index (χ0n) is 14.8. The number of nitrogens with zero attached hydrogens (tertiary/aromatic N) is 4. The molecule has 0 spiro atoms. The molecule has 0 unspecified atom stereocenters. The molecule has 2 fully saturated rings. The number of fused-ring (bicyclic) bond motifs is 1. The molecular weight excluding hydrogens is 306 g/mol. The fourth-order valence-corrected chi connectivity index (χ4v) is 3.60. The molecule has 0 aliphatic carbocycles. The van der Waals surface area contributed by atoms with Crippen LogP contribution in [0.5, 0.6) is 0 Å². The van der Waals surface area contributed by atoms with Gasteiger partial charge in [0.1, 0.15) is 12.1 Å². The van der Waals surface area contributed by atoms with E-state index >= 15 is 0 Å². The van der Waals surface area contributed by atoms with E-state index in [0.29, 0.717) is 19.5 Å². The van der Waals surface area contributed by atoms with Crippen molar-refractivity contribution in [3.05, 3.63) is 17.5 Å². The lowest BCUT2D eigenvalue weighted by Gasteiger charge is -2.45. The first-order valence-electron chi connectivity index (χ1n) is 8.89. The first kappa shape index (κ1) is 17.0. The molecule has 0 radical (unpaired) electrons. The molecule has 2 atom stereocenters. The van der Waals surface area contributed by atoms with Gasteiger partial charge in [0.2, 0.25) is 11.8 Å². The number of amides is 2. The van der Waals surface area contributed by atoms with Gasteiger partial charge in [0.25, 0.3) is 0 Å². The molecule has 2 amide bonds. The summed E-state index contributed by atoms with van der Waals surface area (Å²) in [6.07, 6.45) is 3.68. The van der Waals surface area contributed by atoms with Crippen LogP contribution in [-0.4, -0.2) is 63.1 Å². The Morgan fingerprint density at radius 3 is 2.75 bits per heavy atom. The fraction of sp³-hybridized carbons (Fsp3) is 0.706. The molecule has 3 rings (SSSR count). The average Bonchev–Trinajstić information content (AvgIpc) is 2.92. The van der Waals surface area contributed by atoms with Gasteiger partial charge in [0.15, 0.2) is 0 Å². The first-order valence-corrected chi connectivity index (χ1v) is 8.89. The summed E-state index contributed by atoms with van der Waals surface area (Å²) in [6.45, 7) is 9.76. The van der Waals surface area contributed by atoms with Crippen LogP contribution in [0.2, 0.25) is 0 Å². The summed E-state index contributed by atoms with van der Waals surface area (Å²) >= 11 is 0. The van der Waals surface area contributed by atoms with Crippen molar-refractivity contribution < 1.29 is 9.59 Å². The minimum atomic E-state index is -0.360. The molecule has 0 saturated carbocycles. The van der Waals surface area contributed by atoms with Crippen LogP contribution in [-0.2, 0) is 22.7 Å². The van der Waals surface area contributed by atoms with Crippen molar-refractivity contribution in [2.75, 3.05) is 19.6 Å². The standard InChI is InChI=1S/C17H27N5O2/c1-4-6-14-17(24)22-8-7-20(11-15(22)16(23)18-14)9-13-10-21(5-2)19-12(13)3/h10,14-15H,4-9,11H2,1-3H3,(H,18,23)/t14-,15+/m0/s1. The molecule has 0 bridgehead atoms. The molecule has 7 nitrogen and oxygen atoms in total. The Morgan fingerprint density at radius 1 is 1.29 bits per heavy atom. The molecule has 24 heavy (non-hydrogen) atoms. The topological polar surface area (TPSA) is 70.5 Å². The van der Waals surface area contributed by atoms with Gasteiger partial charge in [-0.1, -0.05) is 13.3 Å². The summed E-state index contributed by atoms with van der Waals surface area (Å²) in [4.78, 5) is 29.0. The number of aromatic nitrogens is 2. The molecule has 2 aliphatic heterocycles. The molecule has 7 heteroatoms. The highest BCUT2D eigenvalue weighted by Crippen LogP contribution is 2.20. The zero-order chi connectivity index (χ0) is 17.3. The Labute approximate surface area is 143 Å². The average molecular weight is 333 g/mol. The summed E-state index contributed by atoms with van der Waals surface area (Å²) in [6, 6.07) is -0.698. The number of carbonyl (C=O) groups excluding carboxylic acids is 2. The molecular formula is C17H27N5O2. The van der Waals surface area contributed by atoms with Crippen molar-refractivity contribution in [1.29, 1.82) is 0 Å². The molecule has 3 heterocycles. The second kappa shape index (κ2) is 6.93. The summed E-state index contributed by atoms with van der Waals surface area (Å²) in [5, 5.41) is 7.38. The van der Waals surface area contributed by atoms with Gasteiger partial charge >= 0.3 is 0 Å². The van der Waals surface area contributed by atoms with Crippen LogP contribution in [0.3, 0.4) is 0 Å². The predicted octanol–water partition coefficient (Wildman–Crippen LogP) is 0.523. The lowest BCUT2D eigenvalue weighted by Crippen LogP contribution is -2.69. The Bertz CT molecular complexity index is 626. The van der Waals surface area contributed by atoms with Crippen molar-refractivity contribution in [1.82, 2.24) is 24.9 Å². The van der Waals surface area contributed by atoms with E-state index in [1.54, 1.807) is 4.90 Å². The number of hydrogen-bond donors (Lipinski definition) is 1. The van der Waals surface area contributed by atoms with Gasteiger partial charge in [-0.3, -0.25) is 19.2 Å². The van der Waals surface area contributed by atoms with Crippen LogP contribution < -0.4 is 5.32 Å². The van der Waals surface area contributed by atoms with E-state index in [9.17, 15) is 9.59 Å². The Morgan fingerprint density at radius 2 is 2.08 bits per heavy atom. The summed E-state index contributed by atoms with van der Waals surface area (Å²) in [5.41, 5.74) is 2.23. The molecule has 1 aromatic heterocycles. The largest absolute Gasteiger partial charge is 0.342 e. The van der Waals surface area contributed by atoms with E-state index in [-0.39, 0.29) is 23.9 Å². The number of carbonyl (C=O) groups is 2. The van der Waals surface area contributed by atoms with Crippen molar-refractivity contribution in [3.8, 4) is 0 Å². The van der Waals surface area contributed by atoms with Gasteiger partial charge in [-0.15, -0.1) is 0 Å². The van der Waals surface area contributed by atoms with Crippen LogP contribution in [0.15, 0.2) is 6.20 Å². The smallest absolute Gasteiger partial charge is 0.245 e. The van der Waals surface area contributed by atoms with E-state index < -0.39 is 0 Å². The monoisotopic (exact) mass is 333 g/mol. The minimum Gasteiger partial charge on any atom is -0.342 e. The van der Waals surface area contributed by atoms with Gasteiger partial charge in [0, 0.05) is 44.5 Å². The van der Waals surface area contributed by atoms with Crippen LogP contribution in [0, 0.1) is 6.92 Å².